The minimum atomic E-state index is -1.10. The number of hydrogen-bond donors (Lipinski definition) is 2. The summed E-state index contributed by atoms with van der Waals surface area (Å²) < 4.78 is 30.9. The quantitative estimate of drug-likeness (QED) is 0.586. The van der Waals surface area contributed by atoms with E-state index in [1.54, 1.807) is 6.20 Å². The first-order chi connectivity index (χ1) is 15.3. The summed E-state index contributed by atoms with van der Waals surface area (Å²) in [4.78, 5) is 23.4. The number of carbonyl (C=O) groups excluding carboxylic acids is 1. The lowest BCUT2D eigenvalue weighted by Crippen LogP contribution is -2.70. The van der Waals surface area contributed by atoms with Gasteiger partial charge in [-0.1, -0.05) is 0 Å². The molecule has 1 fully saturated rings. The highest BCUT2D eigenvalue weighted by atomic mass is 32.1. The zero-order valence-corrected chi connectivity index (χ0v) is 18.1. The number of nitriles is 1. The van der Waals surface area contributed by atoms with Crippen molar-refractivity contribution in [2.45, 2.75) is 25.8 Å². The summed E-state index contributed by atoms with van der Waals surface area (Å²) >= 11 is 1.31. The van der Waals surface area contributed by atoms with E-state index < -0.39 is 23.1 Å². The maximum Gasteiger partial charge on any atom is 0.251 e. The largest absolute Gasteiger partial charge is 0.351 e. The molecule has 0 aliphatic carbocycles. The number of aromatic nitrogens is 3. The van der Waals surface area contributed by atoms with E-state index in [0.717, 1.165) is 28.4 Å². The van der Waals surface area contributed by atoms with E-state index in [1.165, 1.54) is 17.6 Å². The molecule has 2 aromatic heterocycles. The standard InChI is InChI=1S/C21H19F2N7OS/c1-12-9-25-20(26-17-7-13(2)29-32-17)27-18(12)30-10-21(11-30,5-6-24)28-19(31)14-3-4-15(22)16(23)8-14/h3-4,7-9H,5,10-11H2,1-2H3,(H,28,31)(H,25,26,27). The zero-order valence-electron chi connectivity index (χ0n) is 17.3. The number of hydrogen-bond acceptors (Lipinski definition) is 8. The third-order valence-corrected chi connectivity index (χ3v) is 5.87. The van der Waals surface area contributed by atoms with Crippen LogP contribution in [-0.2, 0) is 0 Å². The van der Waals surface area contributed by atoms with Gasteiger partial charge in [0.1, 0.15) is 10.8 Å². The summed E-state index contributed by atoms with van der Waals surface area (Å²) in [7, 11) is 0. The minimum Gasteiger partial charge on any atom is -0.351 e. The minimum absolute atomic E-state index is 0.00998. The van der Waals surface area contributed by atoms with Crippen LogP contribution < -0.4 is 15.5 Å². The van der Waals surface area contributed by atoms with Gasteiger partial charge in [0, 0.05) is 30.4 Å². The molecule has 1 aromatic carbocycles. The van der Waals surface area contributed by atoms with E-state index in [4.69, 9.17) is 0 Å². The van der Waals surface area contributed by atoms with Gasteiger partial charge in [-0.2, -0.15) is 14.6 Å². The molecule has 32 heavy (non-hydrogen) atoms. The number of nitrogens with zero attached hydrogens (tertiary/aromatic N) is 5. The van der Waals surface area contributed by atoms with Gasteiger partial charge in [-0.3, -0.25) is 4.79 Å². The van der Waals surface area contributed by atoms with Gasteiger partial charge in [-0.15, -0.1) is 0 Å². The summed E-state index contributed by atoms with van der Waals surface area (Å²) in [6.45, 7) is 4.45. The second-order valence-electron chi connectivity index (χ2n) is 7.71. The van der Waals surface area contributed by atoms with E-state index in [1.807, 2.05) is 24.8 Å². The number of anilines is 3. The number of carbonyl (C=O) groups is 1. The van der Waals surface area contributed by atoms with Gasteiger partial charge in [0.15, 0.2) is 11.6 Å². The van der Waals surface area contributed by atoms with Crippen molar-refractivity contribution in [2.24, 2.45) is 0 Å². The molecule has 0 atom stereocenters. The molecule has 1 amide bonds. The highest BCUT2D eigenvalue weighted by molar-refractivity contribution is 7.10. The molecule has 164 valence electrons. The average Bonchev–Trinajstić information content (AvgIpc) is 3.14. The molecule has 11 heteroatoms. The van der Waals surface area contributed by atoms with Crippen LogP contribution >= 0.6 is 11.5 Å². The molecule has 3 heterocycles. The Morgan fingerprint density at radius 2 is 2.06 bits per heavy atom. The lowest BCUT2D eigenvalue weighted by Gasteiger charge is -2.50. The lowest BCUT2D eigenvalue weighted by molar-refractivity contribution is 0.0878. The molecule has 4 rings (SSSR count). The monoisotopic (exact) mass is 455 g/mol. The first-order valence-electron chi connectivity index (χ1n) is 9.72. The van der Waals surface area contributed by atoms with E-state index in [2.05, 4.69) is 31.0 Å². The van der Waals surface area contributed by atoms with E-state index in [9.17, 15) is 18.8 Å². The van der Waals surface area contributed by atoms with Crippen molar-refractivity contribution in [3.05, 3.63) is 58.9 Å². The summed E-state index contributed by atoms with van der Waals surface area (Å²) in [6.07, 6.45) is 1.76. The fourth-order valence-electron chi connectivity index (χ4n) is 3.52. The zero-order chi connectivity index (χ0) is 22.9. The molecule has 1 aliphatic heterocycles. The Kier molecular flexibility index (Phi) is 5.71. The topological polar surface area (TPSA) is 107 Å². The van der Waals surface area contributed by atoms with Crippen LogP contribution in [0.4, 0.5) is 25.5 Å². The van der Waals surface area contributed by atoms with Crippen molar-refractivity contribution in [3.63, 3.8) is 0 Å². The fourth-order valence-corrected chi connectivity index (χ4v) is 4.17. The Balaban J connectivity index is 1.49. The predicted molar refractivity (Wildman–Crippen MR) is 116 cm³/mol. The van der Waals surface area contributed by atoms with Gasteiger partial charge < -0.3 is 15.5 Å². The number of aryl methyl sites for hydroxylation is 2. The van der Waals surface area contributed by atoms with Gasteiger partial charge in [0.25, 0.3) is 5.91 Å². The van der Waals surface area contributed by atoms with E-state index >= 15 is 0 Å². The Hall–Kier alpha value is -3.65. The van der Waals surface area contributed by atoms with Crippen LogP contribution in [0.3, 0.4) is 0 Å². The van der Waals surface area contributed by atoms with Crippen LogP contribution in [0.15, 0.2) is 30.5 Å². The summed E-state index contributed by atoms with van der Waals surface area (Å²) in [5.41, 5.74) is 0.902. The molecule has 0 bridgehead atoms. The van der Waals surface area contributed by atoms with Gasteiger partial charge in [0.05, 0.1) is 23.7 Å². The Labute approximate surface area is 187 Å². The lowest BCUT2D eigenvalue weighted by atomic mass is 9.86. The van der Waals surface area contributed by atoms with Crippen LogP contribution in [0.5, 0.6) is 0 Å². The SMILES string of the molecule is Cc1cc(Nc2ncc(C)c(N3CC(CC#N)(NC(=O)c4ccc(F)c(F)c4)C3)n2)sn1. The molecule has 1 aliphatic rings. The third kappa shape index (κ3) is 4.36. The number of rotatable bonds is 6. The first kappa shape index (κ1) is 21.6. The van der Waals surface area contributed by atoms with Crippen LogP contribution in [0.1, 0.15) is 28.0 Å². The summed E-state index contributed by atoms with van der Waals surface area (Å²) in [6, 6.07) is 6.94. The molecule has 0 unspecified atom stereocenters. The number of benzene rings is 1. The predicted octanol–water partition coefficient (Wildman–Crippen LogP) is 3.47. The number of amides is 1. The fraction of sp³-hybridized carbons (Fsp3) is 0.286. The van der Waals surface area contributed by atoms with Crippen LogP contribution in [-0.4, -0.2) is 38.9 Å². The van der Waals surface area contributed by atoms with Gasteiger partial charge in [-0.05, 0) is 49.6 Å². The highest BCUT2D eigenvalue weighted by Crippen LogP contribution is 2.32. The molecule has 8 nitrogen and oxygen atoms in total. The molecule has 0 spiro atoms. The summed E-state index contributed by atoms with van der Waals surface area (Å²) in [5, 5.41) is 16.0. The van der Waals surface area contributed by atoms with Crippen molar-refractivity contribution < 1.29 is 13.6 Å². The Morgan fingerprint density at radius 1 is 1.28 bits per heavy atom. The Bertz CT molecular complexity index is 1220. The summed E-state index contributed by atoms with van der Waals surface area (Å²) in [5.74, 6) is -1.60. The maximum absolute atomic E-state index is 13.5. The Morgan fingerprint density at radius 3 is 2.72 bits per heavy atom. The molecule has 2 N–H and O–H groups in total. The molecule has 3 aromatic rings. The van der Waals surface area contributed by atoms with Crippen LogP contribution in [0, 0.1) is 36.8 Å². The van der Waals surface area contributed by atoms with Crippen molar-refractivity contribution in [1.29, 1.82) is 5.26 Å². The highest BCUT2D eigenvalue weighted by Gasteiger charge is 2.45. The van der Waals surface area contributed by atoms with Gasteiger partial charge in [-0.25, -0.2) is 13.8 Å². The molecular formula is C21H19F2N7OS. The van der Waals surface area contributed by atoms with Gasteiger partial charge >= 0.3 is 0 Å². The van der Waals surface area contributed by atoms with Crippen molar-refractivity contribution >= 4 is 34.2 Å². The second kappa shape index (κ2) is 8.47. The van der Waals surface area contributed by atoms with E-state index in [0.29, 0.717) is 24.9 Å². The molecule has 1 saturated heterocycles. The number of halogens is 2. The van der Waals surface area contributed by atoms with Crippen molar-refractivity contribution in [3.8, 4) is 6.07 Å². The maximum atomic E-state index is 13.5. The first-order valence-corrected chi connectivity index (χ1v) is 10.5. The average molecular weight is 455 g/mol. The van der Waals surface area contributed by atoms with Crippen LogP contribution in [0.2, 0.25) is 0 Å². The molecular weight excluding hydrogens is 436 g/mol. The number of nitrogens with one attached hydrogen (secondary N) is 2. The second-order valence-corrected chi connectivity index (χ2v) is 8.52. The van der Waals surface area contributed by atoms with Crippen molar-refractivity contribution in [2.75, 3.05) is 23.3 Å². The van der Waals surface area contributed by atoms with Crippen LogP contribution in [0.25, 0.3) is 0 Å². The van der Waals surface area contributed by atoms with Crippen molar-refractivity contribution in [1.82, 2.24) is 19.7 Å². The molecule has 0 saturated carbocycles. The normalized spacial score (nSPS) is 14.4. The smallest absolute Gasteiger partial charge is 0.251 e. The van der Waals surface area contributed by atoms with Gasteiger partial charge in [0.2, 0.25) is 5.95 Å². The third-order valence-electron chi connectivity index (χ3n) is 5.07. The molecule has 0 radical (unpaired) electrons. The van der Waals surface area contributed by atoms with E-state index in [-0.39, 0.29) is 12.0 Å².